The first-order valence-electron chi connectivity index (χ1n) is 6.21. The van der Waals surface area contributed by atoms with E-state index in [4.69, 9.17) is 0 Å². The zero-order valence-electron chi connectivity index (χ0n) is 11.4. The van der Waals surface area contributed by atoms with Crippen molar-refractivity contribution < 1.29 is 9.00 Å². The van der Waals surface area contributed by atoms with E-state index in [0.29, 0.717) is 11.7 Å². The molecular formula is C12H24N2O2S. The van der Waals surface area contributed by atoms with E-state index in [9.17, 15) is 9.00 Å². The van der Waals surface area contributed by atoms with Gasteiger partial charge in [0.05, 0.1) is 12.2 Å². The second-order valence-corrected chi connectivity index (χ2v) is 6.85. The summed E-state index contributed by atoms with van der Waals surface area (Å²) >= 11 is 0. The van der Waals surface area contributed by atoms with Gasteiger partial charge in [-0.05, 0) is 26.2 Å². The monoisotopic (exact) mass is 260 g/mol. The number of nitrogens with zero attached hydrogens (tertiary/aromatic N) is 1. The van der Waals surface area contributed by atoms with E-state index < -0.39 is 10.8 Å². The average molecular weight is 260 g/mol. The van der Waals surface area contributed by atoms with Crippen LogP contribution >= 0.6 is 0 Å². The second kappa shape index (κ2) is 5.96. The van der Waals surface area contributed by atoms with E-state index in [-0.39, 0.29) is 24.2 Å². The number of hydrogen-bond acceptors (Lipinski definition) is 3. The van der Waals surface area contributed by atoms with Gasteiger partial charge >= 0.3 is 0 Å². The minimum absolute atomic E-state index is 0.0366. The zero-order chi connectivity index (χ0) is 13.2. The molecule has 4 unspecified atom stereocenters. The standard InChI is InChI=1S/C12H24N2O2S/c1-8(2)6-11-13-10(4)12(15)14(11)9(3)7-17(5)16/h8-11,13H,6-7H2,1-5H3. The van der Waals surface area contributed by atoms with Crippen molar-refractivity contribution in [2.45, 2.75) is 52.4 Å². The van der Waals surface area contributed by atoms with Crippen LogP contribution in [0.5, 0.6) is 0 Å². The predicted octanol–water partition coefficient (Wildman–Crippen LogP) is 0.946. The van der Waals surface area contributed by atoms with Crippen LogP contribution in [0, 0.1) is 5.92 Å². The fourth-order valence-corrected chi connectivity index (χ4v) is 3.23. The smallest absolute Gasteiger partial charge is 0.240 e. The van der Waals surface area contributed by atoms with E-state index in [2.05, 4.69) is 19.2 Å². The van der Waals surface area contributed by atoms with Gasteiger partial charge < -0.3 is 4.90 Å². The molecule has 0 aromatic heterocycles. The summed E-state index contributed by atoms with van der Waals surface area (Å²) in [5.41, 5.74) is 0. The molecule has 4 nitrogen and oxygen atoms in total. The molecule has 1 fully saturated rings. The Balaban J connectivity index is 2.76. The van der Waals surface area contributed by atoms with Crippen molar-refractivity contribution in [2.24, 2.45) is 5.92 Å². The predicted molar refractivity (Wildman–Crippen MR) is 71.1 cm³/mol. The van der Waals surface area contributed by atoms with Crippen LogP contribution in [0.2, 0.25) is 0 Å². The molecule has 0 bridgehead atoms. The molecule has 1 amide bonds. The van der Waals surface area contributed by atoms with Crippen LogP contribution in [-0.2, 0) is 15.6 Å². The third kappa shape index (κ3) is 3.78. The molecule has 0 aromatic carbocycles. The van der Waals surface area contributed by atoms with Crippen molar-refractivity contribution in [3.63, 3.8) is 0 Å². The van der Waals surface area contributed by atoms with Gasteiger partial charge in [-0.15, -0.1) is 0 Å². The first kappa shape index (κ1) is 14.6. The Hall–Kier alpha value is -0.420. The molecular weight excluding hydrogens is 236 g/mol. The molecule has 100 valence electrons. The first-order chi connectivity index (χ1) is 7.82. The number of carbonyl (C=O) groups is 1. The van der Waals surface area contributed by atoms with Crippen LogP contribution in [0.25, 0.3) is 0 Å². The Kier molecular flexibility index (Phi) is 5.13. The lowest BCUT2D eigenvalue weighted by Crippen LogP contribution is -2.46. The molecule has 0 spiro atoms. The molecule has 4 atom stereocenters. The first-order valence-corrected chi connectivity index (χ1v) is 7.94. The van der Waals surface area contributed by atoms with Crippen LogP contribution < -0.4 is 5.32 Å². The van der Waals surface area contributed by atoms with Crippen LogP contribution in [0.1, 0.15) is 34.1 Å². The fraction of sp³-hybridized carbons (Fsp3) is 0.917. The highest BCUT2D eigenvalue weighted by molar-refractivity contribution is 7.84. The van der Waals surface area contributed by atoms with Crippen molar-refractivity contribution in [3.8, 4) is 0 Å². The van der Waals surface area contributed by atoms with Gasteiger partial charge in [0.15, 0.2) is 0 Å². The maximum atomic E-state index is 12.1. The highest BCUT2D eigenvalue weighted by atomic mass is 32.2. The summed E-state index contributed by atoms with van der Waals surface area (Å²) in [6, 6.07) is -0.0824. The lowest BCUT2D eigenvalue weighted by atomic mass is 10.1. The minimum Gasteiger partial charge on any atom is -0.322 e. The molecule has 1 aliphatic rings. The molecule has 1 N–H and O–H groups in total. The van der Waals surface area contributed by atoms with Crippen molar-refractivity contribution in [1.29, 1.82) is 0 Å². The second-order valence-electron chi connectivity index (χ2n) is 5.37. The lowest BCUT2D eigenvalue weighted by Gasteiger charge is -2.30. The van der Waals surface area contributed by atoms with E-state index in [1.54, 1.807) is 6.26 Å². The Labute approximate surface area is 107 Å². The Bertz CT molecular complexity index is 307. The van der Waals surface area contributed by atoms with E-state index in [1.807, 2.05) is 18.7 Å². The normalized spacial score (nSPS) is 28.8. The Morgan fingerprint density at radius 1 is 1.41 bits per heavy atom. The quantitative estimate of drug-likeness (QED) is 0.800. The van der Waals surface area contributed by atoms with Gasteiger partial charge in [0.25, 0.3) is 0 Å². The minimum atomic E-state index is -0.867. The van der Waals surface area contributed by atoms with Gasteiger partial charge in [0.2, 0.25) is 5.91 Å². The molecule has 0 saturated carbocycles. The molecule has 0 aromatic rings. The van der Waals surface area contributed by atoms with Gasteiger partial charge in [0.1, 0.15) is 0 Å². The maximum Gasteiger partial charge on any atom is 0.240 e. The number of rotatable bonds is 5. The van der Waals surface area contributed by atoms with E-state index in [0.717, 1.165) is 6.42 Å². The average Bonchev–Trinajstić information content (AvgIpc) is 2.39. The van der Waals surface area contributed by atoms with Crippen LogP contribution in [0.15, 0.2) is 0 Å². The summed E-state index contributed by atoms with van der Waals surface area (Å²) in [7, 11) is -0.867. The number of carbonyl (C=O) groups excluding carboxylic acids is 1. The third-order valence-corrected chi connectivity index (χ3v) is 4.00. The number of nitrogens with one attached hydrogen (secondary N) is 1. The zero-order valence-corrected chi connectivity index (χ0v) is 12.2. The highest BCUT2D eigenvalue weighted by Crippen LogP contribution is 2.20. The van der Waals surface area contributed by atoms with Crippen LogP contribution in [0.3, 0.4) is 0 Å². The van der Waals surface area contributed by atoms with Crippen molar-refractivity contribution in [2.75, 3.05) is 12.0 Å². The molecule has 17 heavy (non-hydrogen) atoms. The summed E-state index contributed by atoms with van der Waals surface area (Å²) in [4.78, 5) is 14.0. The summed E-state index contributed by atoms with van der Waals surface area (Å²) in [5.74, 6) is 1.22. The Morgan fingerprint density at radius 2 is 2.00 bits per heavy atom. The summed E-state index contributed by atoms with van der Waals surface area (Å²) in [5, 5.41) is 3.32. The number of amides is 1. The van der Waals surface area contributed by atoms with Crippen molar-refractivity contribution in [1.82, 2.24) is 10.2 Å². The maximum absolute atomic E-state index is 12.1. The lowest BCUT2D eigenvalue weighted by molar-refractivity contribution is -0.131. The molecule has 1 saturated heterocycles. The molecule has 5 heteroatoms. The fourth-order valence-electron chi connectivity index (χ4n) is 2.39. The summed E-state index contributed by atoms with van der Waals surface area (Å²) in [6.07, 6.45) is 2.72. The van der Waals surface area contributed by atoms with Gasteiger partial charge in [-0.3, -0.25) is 14.3 Å². The van der Waals surface area contributed by atoms with Gasteiger partial charge in [0, 0.05) is 28.9 Å². The number of hydrogen-bond donors (Lipinski definition) is 1. The topological polar surface area (TPSA) is 49.4 Å². The molecule has 0 aliphatic carbocycles. The third-order valence-electron chi connectivity index (χ3n) is 3.05. The van der Waals surface area contributed by atoms with Gasteiger partial charge in [-0.2, -0.15) is 0 Å². The molecule has 1 heterocycles. The van der Waals surface area contributed by atoms with E-state index in [1.165, 1.54) is 0 Å². The SMILES string of the molecule is CC(C)CC1NC(C)C(=O)N1C(C)CS(C)=O. The van der Waals surface area contributed by atoms with Crippen molar-refractivity contribution >= 4 is 16.7 Å². The van der Waals surface area contributed by atoms with Crippen LogP contribution in [-0.4, -0.2) is 45.3 Å². The largest absolute Gasteiger partial charge is 0.322 e. The molecule has 0 radical (unpaired) electrons. The van der Waals surface area contributed by atoms with E-state index >= 15 is 0 Å². The molecule has 1 aliphatic heterocycles. The summed E-state index contributed by atoms with van der Waals surface area (Å²) < 4.78 is 11.3. The molecule has 1 rings (SSSR count). The van der Waals surface area contributed by atoms with Crippen LogP contribution in [0.4, 0.5) is 0 Å². The van der Waals surface area contributed by atoms with Crippen molar-refractivity contribution in [3.05, 3.63) is 0 Å². The highest BCUT2D eigenvalue weighted by Gasteiger charge is 2.39. The van der Waals surface area contributed by atoms with Gasteiger partial charge in [-0.25, -0.2) is 0 Å². The Morgan fingerprint density at radius 3 is 2.47 bits per heavy atom. The van der Waals surface area contributed by atoms with Gasteiger partial charge in [-0.1, -0.05) is 13.8 Å². The summed E-state index contributed by atoms with van der Waals surface area (Å²) in [6.45, 7) is 8.17.